The molecule has 1 heterocycles. The molecule has 4 aromatic rings. The number of carbonyl (C=O) groups excluding carboxylic acids is 1. The average Bonchev–Trinajstić information content (AvgIpc) is 2.69. The van der Waals surface area contributed by atoms with E-state index in [1.165, 1.54) is 0 Å². The Morgan fingerprint density at radius 3 is 2.28 bits per heavy atom. The van der Waals surface area contributed by atoms with Crippen LogP contribution in [0.1, 0.15) is 10.4 Å². The number of benzene rings is 3. The number of hydrogen-bond donors (Lipinski definition) is 0. The molecule has 0 amide bonds. The van der Waals surface area contributed by atoms with Gasteiger partial charge in [0.1, 0.15) is 5.75 Å². The van der Waals surface area contributed by atoms with E-state index in [1.807, 2.05) is 72.8 Å². The van der Waals surface area contributed by atoms with Crippen molar-refractivity contribution in [3.63, 3.8) is 0 Å². The number of carbonyl (C=O) groups is 1. The van der Waals surface area contributed by atoms with E-state index < -0.39 is 0 Å². The Labute approximate surface area is 145 Å². The fourth-order valence-electron chi connectivity index (χ4n) is 2.86. The zero-order chi connectivity index (χ0) is 17.1. The molecule has 1 aromatic heterocycles. The predicted octanol–water partition coefficient (Wildman–Crippen LogP) is 5.12. The smallest absolute Gasteiger partial charge is 0.343 e. The number of nitrogens with zero attached hydrogens (tertiary/aromatic N) is 1. The van der Waals surface area contributed by atoms with Crippen LogP contribution in [0, 0.1) is 0 Å². The van der Waals surface area contributed by atoms with Crippen LogP contribution in [0.25, 0.3) is 22.0 Å². The number of pyridine rings is 1. The zero-order valence-corrected chi connectivity index (χ0v) is 13.4. The summed E-state index contributed by atoms with van der Waals surface area (Å²) in [5, 5.41) is 1.88. The molecule has 0 fully saturated rings. The molecule has 0 saturated heterocycles. The minimum atomic E-state index is -0.371. The molecule has 3 heteroatoms. The summed E-state index contributed by atoms with van der Waals surface area (Å²) >= 11 is 0. The third-order valence-electron chi connectivity index (χ3n) is 4.02. The lowest BCUT2D eigenvalue weighted by molar-refractivity contribution is 0.0737. The third kappa shape index (κ3) is 3.00. The Balaban J connectivity index is 1.83. The van der Waals surface area contributed by atoms with Gasteiger partial charge in [0.05, 0.1) is 11.3 Å². The first kappa shape index (κ1) is 15.1. The van der Waals surface area contributed by atoms with Crippen molar-refractivity contribution in [1.82, 2.24) is 4.98 Å². The molecule has 0 radical (unpaired) electrons. The first-order valence-electron chi connectivity index (χ1n) is 8.03. The summed E-state index contributed by atoms with van der Waals surface area (Å²) in [4.78, 5) is 16.9. The number of ether oxygens (including phenoxy) is 1. The quantitative estimate of drug-likeness (QED) is 0.387. The number of hydrogen-bond acceptors (Lipinski definition) is 3. The minimum Gasteiger partial charge on any atom is -0.422 e. The lowest BCUT2D eigenvalue weighted by Crippen LogP contribution is -2.08. The van der Waals surface area contributed by atoms with Crippen molar-refractivity contribution in [2.24, 2.45) is 0 Å². The van der Waals surface area contributed by atoms with E-state index in [2.05, 4.69) is 4.98 Å². The van der Waals surface area contributed by atoms with Crippen LogP contribution >= 0.6 is 0 Å². The summed E-state index contributed by atoms with van der Waals surface area (Å²) in [6.07, 6.45) is 1.76. The Bertz CT molecular complexity index is 1020. The van der Waals surface area contributed by atoms with Gasteiger partial charge in [-0.2, -0.15) is 0 Å². The molecule has 0 N–H and O–H groups in total. The van der Waals surface area contributed by atoms with E-state index in [1.54, 1.807) is 18.3 Å². The van der Waals surface area contributed by atoms with Crippen molar-refractivity contribution < 1.29 is 9.53 Å². The molecule has 3 nitrogen and oxygen atoms in total. The number of rotatable bonds is 3. The second-order valence-electron chi connectivity index (χ2n) is 5.63. The summed E-state index contributed by atoms with van der Waals surface area (Å²) < 4.78 is 5.71. The van der Waals surface area contributed by atoms with Gasteiger partial charge >= 0.3 is 5.97 Å². The molecule has 0 unspecified atom stereocenters. The standard InChI is InChI=1S/C22H15NO2/c24-22(17-8-2-1-3-9-17)25-20-14-7-11-16-10-6-12-18(21(16)20)19-13-4-5-15-23-19/h1-15H. The molecule has 25 heavy (non-hydrogen) atoms. The van der Waals surface area contributed by atoms with Crippen molar-refractivity contribution in [1.29, 1.82) is 0 Å². The van der Waals surface area contributed by atoms with Crippen molar-refractivity contribution in [3.05, 3.63) is 96.7 Å². The van der Waals surface area contributed by atoms with Gasteiger partial charge in [-0.25, -0.2) is 4.79 Å². The molecule has 0 spiro atoms. The van der Waals surface area contributed by atoms with Gasteiger partial charge in [0.15, 0.2) is 0 Å². The molecule has 3 aromatic carbocycles. The minimum absolute atomic E-state index is 0.371. The molecule has 0 aliphatic rings. The zero-order valence-electron chi connectivity index (χ0n) is 13.4. The van der Waals surface area contributed by atoms with E-state index in [0.29, 0.717) is 11.3 Å². The molecule has 0 saturated carbocycles. The highest BCUT2D eigenvalue weighted by Crippen LogP contribution is 2.34. The van der Waals surface area contributed by atoms with Crippen LogP contribution in [-0.4, -0.2) is 11.0 Å². The van der Waals surface area contributed by atoms with Crippen LogP contribution < -0.4 is 4.74 Å². The van der Waals surface area contributed by atoms with Crippen LogP contribution in [0.3, 0.4) is 0 Å². The molecule has 0 bridgehead atoms. The lowest BCUT2D eigenvalue weighted by atomic mass is 10.0. The van der Waals surface area contributed by atoms with E-state index in [-0.39, 0.29) is 5.97 Å². The first-order valence-corrected chi connectivity index (χ1v) is 8.03. The van der Waals surface area contributed by atoms with Crippen LogP contribution in [0.15, 0.2) is 91.1 Å². The molecular formula is C22H15NO2. The van der Waals surface area contributed by atoms with E-state index in [4.69, 9.17) is 4.74 Å². The molecule has 0 aliphatic heterocycles. The van der Waals surface area contributed by atoms with E-state index in [0.717, 1.165) is 22.0 Å². The normalized spacial score (nSPS) is 10.6. The Morgan fingerprint density at radius 1 is 0.760 bits per heavy atom. The molecular weight excluding hydrogens is 310 g/mol. The Hall–Kier alpha value is -3.46. The van der Waals surface area contributed by atoms with E-state index in [9.17, 15) is 4.79 Å². The fraction of sp³-hybridized carbons (Fsp3) is 0. The van der Waals surface area contributed by atoms with Gasteiger partial charge in [0, 0.05) is 17.1 Å². The molecule has 0 aliphatic carbocycles. The summed E-state index contributed by atoms with van der Waals surface area (Å²) in [5.74, 6) is 0.163. The molecule has 0 atom stereocenters. The van der Waals surface area contributed by atoms with Crippen LogP contribution in [-0.2, 0) is 0 Å². The van der Waals surface area contributed by atoms with Gasteiger partial charge in [-0.15, -0.1) is 0 Å². The fourth-order valence-corrected chi connectivity index (χ4v) is 2.86. The lowest BCUT2D eigenvalue weighted by Gasteiger charge is -2.12. The van der Waals surface area contributed by atoms with Gasteiger partial charge in [0.2, 0.25) is 0 Å². The van der Waals surface area contributed by atoms with Gasteiger partial charge in [0.25, 0.3) is 0 Å². The second kappa shape index (κ2) is 6.57. The van der Waals surface area contributed by atoms with Crippen molar-refractivity contribution >= 4 is 16.7 Å². The largest absolute Gasteiger partial charge is 0.422 e. The number of esters is 1. The van der Waals surface area contributed by atoms with Gasteiger partial charge in [-0.05, 0) is 35.7 Å². The summed E-state index contributed by atoms with van der Waals surface area (Å²) in [6, 6.07) is 26.4. The molecule has 120 valence electrons. The summed E-state index contributed by atoms with van der Waals surface area (Å²) in [6.45, 7) is 0. The van der Waals surface area contributed by atoms with Crippen molar-refractivity contribution in [2.75, 3.05) is 0 Å². The molecule has 4 rings (SSSR count). The van der Waals surface area contributed by atoms with Crippen molar-refractivity contribution in [2.45, 2.75) is 0 Å². The van der Waals surface area contributed by atoms with Crippen LogP contribution in [0.5, 0.6) is 5.75 Å². The highest BCUT2D eigenvalue weighted by atomic mass is 16.5. The van der Waals surface area contributed by atoms with Crippen LogP contribution in [0.2, 0.25) is 0 Å². The highest BCUT2D eigenvalue weighted by Gasteiger charge is 2.14. The third-order valence-corrected chi connectivity index (χ3v) is 4.02. The Kier molecular flexibility index (Phi) is 3.97. The summed E-state index contributed by atoms with van der Waals surface area (Å²) in [7, 11) is 0. The maximum Gasteiger partial charge on any atom is 0.343 e. The van der Waals surface area contributed by atoms with Crippen LogP contribution in [0.4, 0.5) is 0 Å². The van der Waals surface area contributed by atoms with Gasteiger partial charge in [-0.3, -0.25) is 4.98 Å². The van der Waals surface area contributed by atoms with Gasteiger partial charge < -0.3 is 4.74 Å². The average molecular weight is 325 g/mol. The van der Waals surface area contributed by atoms with Crippen molar-refractivity contribution in [3.8, 4) is 17.0 Å². The maximum atomic E-state index is 12.5. The maximum absolute atomic E-state index is 12.5. The number of aromatic nitrogens is 1. The summed E-state index contributed by atoms with van der Waals surface area (Å²) in [5.41, 5.74) is 2.31. The second-order valence-corrected chi connectivity index (χ2v) is 5.63. The monoisotopic (exact) mass is 325 g/mol. The topological polar surface area (TPSA) is 39.2 Å². The predicted molar refractivity (Wildman–Crippen MR) is 98.6 cm³/mol. The first-order chi connectivity index (χ1) is 12.3. The van der Waals surface area contributed by atoms with Gasteiger partial charge in [-0.1, -0.05) is 54.6 Å². The van der Waals surface area contributed by atoms with E-state index >= 15 is 0 Å². The number of fused-ring (bicyclic) bond motifs is 1. The SMILES string of the molecule is O=C(Oc1cccc2cccc(-c3ccccn3)c12)c1ccccc1. The Morgan fingerprint density at radius 2 is 1.52 bits per heavy atom. The highest BCUT2D eigenvalue weighted by molar-refractivity contribution is 6.02.